The van der Waals surface area contributed by atoms with Crippen LogP contribution in [0.2, 0.25) is 5.02 Å². The van der Waals surface area contributed by atoms with Crippen molar-refractivity contribution >= 4 is 51.8 Å². The van der Waals surface area contributed by atoms with E-state index < -0.39 is 0 Å². The Morgan fingerprint density at radius 2 is 2.05 bits per heavy atom. The van der Waals surface area contributed by atoms with Crippen LogP contribution in [0.5, 0.6) is 0 Å². The normalized spacial score (nSPS) is 11.7. The molecule has 0 aliphatic carbocycles. The standard InChI is InChI=1S/C14H13ClN4S2/c1-2-20-9-12-16-17-14-19(12)18-13(21-14)8-5-10-3-6-11(15)7-4-10/h3-8H,2,9H2,1H3/b8-5+. The molecule has 3 aromatic rings. The zero-order chi connectivity index (χ0) is 14.7. The number of fused-ring (bicyclic) bond motifs is 1. The number of aromatic nitrogens is 4. The van der Waals surface area contributed by atoms with Crippen molar-refractivity contribution < 1.29 is 0 Å². The minimum atomic E-state index is 0.740. The Morgan fingerprint density at radius 3 is 2.81 bits per heavy atom. The van der Waals surface area contributed by atoms with Crippen molar-refractivity contribution in [3.05, 3.63) is 45.7 Å². The first kappa shape index (κ1) is 14.6. The summed E-state index contributed by atoms with van der Waals surface area (Å²) >= 11 is 9.21. The summed E-state index contributed by atoms with van der Waals surface area (Å²) in [5.74, 6) is 2.80. The van der Waals surface area contributed by atoms with Crippen LogP contribution in [0.3, 0.4) is 0 Å². The van der Waals surface area contributed by atoms with Crippen LogP contribution in [0.1, 0.15) is 23.3 Å². The number of hydrogen-bond acceptors (Lipinski definition) is 5. The van der Waals surface area contributed by atoms with E-state index >= 15 is 0 Å². The molecule has 0 amide bonds. The third-order valence-corrected chi connectivity index (χ3v) is 4.78. The summed E-state index contributed by atoms with van der Waals surface area (Å²) in [6, 6.07) is 7.70. The zero-order valence-corrected chi connectivity index (χ0v) is 13.8. The fourth-order valence-electron chi connectivity index (χ4n) is 1.76. The van der Waals surface area contributed by atoms with Crippen LogP contribution in [-0.4, -0.2) is 25.6 Å². The van der Waals surface area contributed by atoms with Crippen molar-refractivity contribution in [3.63, 3.8) is 0 Å². The molecule has 0 N–H and O–H groups in total. The number of rotatable bonds is 5. The molecule has 0 unspecified atom stereocenters. The van der Waals surface area contributed by atoms with Crippen molar-refractivity contribution in [3.8, 4) is 0 Å². The highest BCUT2D eigenvalue weighted by Gasteiger charge is 2.09. The van der Waals surface area contributed by atoms with Gasteiger partial charge in [0, 0.05) is 5.02 Å². The lowest BCUT2D eigenvalue weighted by atomic mass is 10.2. The number of nitrogens with zero attached hydrogens (tertiary/aromatic N) is 4. The second-order valence-electron chi connectivity index (χ2n) is 4.27. The summed E-state index contributed by atoms with van der Waals surface area (Å²) in [6.45, 7) is 2.13. The number of thioether (sulfide) groups is 1. The lowest BCUT2D eigenvalue weighted by molar-refractivity contribution is 0.880. The highest BCUT2D eigenvalue weighted by atomic mass is 35.5. The molecule has 4 nitrogen and oxygen atoms in total. The predicted molar refractivity (Wildman–Crippen MR) is 90.9 cm³/mol. The summed E-state index contributed by atoms with van der Waals surface area (Å²) in [5, 5.41) is 14.5. The number of halogens is 1. The first-order valence-corrected chi connectivity index (χ1v) is 8.83. The molecule has 0 bridgehead atoms. The van der Waals surface area contributed by atoms with Gasteiger partial charge in [0.15, 0.2) is 5.82 Å². The van der Waals surface area contributed by atoms with Crippen LogP contribution in [-0.2, 0) is 5.75 Å². The zero-order valence-electron chi connectivity index (χ0n) is 11.4. The van der Waals surface area contributed by atoms with Gasteiger partial charge in [-0.1, -0.05) is 48.1 Å². The van der Waals surface area contributed by atoms with Crippen molar-refractivity contribution in [1.82, 2.24) is 19.8 Å². The largest absolute Gasteiger partial charge is 0.234 e. The van der Waals surface area contributed by atoms with E-state index in [0.717, 1.165) is 37.9 Å². The molecule has 0 spiro atoms. The summed E-state index contributed by atoms with van der Waals surface area (Å²) in [4.78, 5) is 0.831. The van der Waals surface area contributed by atoms with Gasteiger partial charge in [0.25, 0.3) is 0 Å². The van der Waals surface area contributed by atoms with E-state index in [0.29, 0.717) is 0 Å². The van der Waals surface area contributed by atoms with Gasteiger partial charge in [-0.25, -0.2) is 0 Å². The smallest absolute Gasteiger partial charge is 0.186 e. The molecule has 3 rings (SSSR count). The molecule has 2 heterocycles. The minimum Gasteiger partial charge on any atom is -0.186 e. The summed E-state index contributed by atoms with van der Waals surface area (Å²) in [6.07, 6.45) is 4.00. The van der Waals surface area contributed by atoms with Gasteiger partial charge in [-0.05, 0) is 29.5 Å². The molecular formula is C14H13ClN4S2. The van der Waals surface area contributed by atoms with Crippen LogP contribution >= 0.6 is 34.7 Å². The molecule has 7 heteroatoms. The molecule has 0 saturated heterocycles. The predicted octanol–water partition coefficient (Wildman–Crippen LogP) is 4.26. The molecule has 0 radical (unpaired) electrons. The van der Waals surface area contributed by atoms with Gasteiger partial charge < -0.3 is 0 Å². The molecule has 0 saturated carbocycles. The van der Waals surface area contributed by atoms with Crippen LogP contribution in [0.4, 0.5) is 0 Å². The number of benzene rings is 1. The maximum absolute atomic E-state index is 5.87. The van der Waals surface area contributed by atoms with E-state index in [2.05, 4.69) is 22.2 Å². The summed E-state index contributed by atoms with van der Waals surface area (Å²) < 4.78 is 1.83. The average Bonchev–Trinajstić information content (AvgIpc) is 3.05. The highest BCUT2D eigenvalue weighted by Crippen LogP contribution is 2.19. The van der Waals surface area contributed by atoms with E-state index in [1.165, 1.54) is 11.3 Å². The second kappa shape index (κ2) is 6.60. The maximum atomic E-state index is 5.87. The molecule has 0 aliphatic heterocycles. The second-order valence-corrected chi connectivity index (χ2v) is 6.97. The molecule has 0 aliphatic rings. The van der Waals surface area contributed by atoms with E-state index in [1.54, 1.807) is 0 Å². The third kappa shape index (κ3) is 3.45. The fraction of sp³-hybridized carbons (Fsp3) is 0.214. The van der Waals surface area contributed by atoms with Gasteiger partial charge >= 0.3 is 0 Å². The SMILES string of the molecule is CCSCc1nnc2sc(/C=C/c3ccc(Cl)cc3)nn12. The molecule has 21 heavy (non-hydrogen) atoms. The van der Waals surface area contributed by atoms with Gasteiger partial charge in [0.2, 0.25) is 4.96 Å². The molecule has 1 aromatic carbocycles. The molecule has 0 fully saturated rings. The minimum absolute atomic E-state index is 0.740. The highest BCUT2D eigenvalue weighted by molar-refractivity contribution is 7.98. The fourth-order valence-corrected chi connectivity index (χ4v) is 3.22. The van der Waals surface area contributed by atoms with E-state index in [4.69, 9.17) is 11.6 Å². The van der Waals surface area contributed by atoms with E-state index in [-0.39, 0.29) is 0 Å². The van der Waals surface area contributed by atoms with Crippen molar-refractivity contribution in [2.45, 2.75) is 12.7 Å². The Hall–Kier alpha value is -1.37. The topological polar surface area (TPSA) is 43.1 Å². The monoisotopic (exact) mass is 336 g/mol. The van der Waals surface area contributed by atoms with Crippen LogP contribution in [0.15, 0.2) is 24.3 Å². The van der Waals surface area contributed by atoms with Gasteiger partial charge in [0.1, 0.15) is 5.01 Å². The van der Waals surface area contributed by atoms with Gasteiger partial charge in [-0.2, -0.15) is 21.4 Å². The molecule has 108 valence electrons. The Kier molecular flexibility index (Phi) is 4.57. The lowest BCUT2D eigenvalue weighted by Gasteiger charge is -1.93. The first-order chi connectivity index (χ1) is 10.3. The van der Waals surface area contributed by atoms with Gasteiger partial charge in [-0.15, -0.1) is 10.2 Å². The Morgan fingerprint density at radius 1 is 1.24 bits per heavy atom. The van der Waals surface area contributed by atoms with E-state index in [1.807, 2.05) is 52.7 Å². The van der Waals surface area contributed by atoms with Crippen LogP contribution in [0, 0.1) is 0 Å². The average molecular weight is 337 g/mol. The Labute approximate surface area is 135 Å². The molecule has 2 aromatic heterocycles. The lowest BCUT2D eigenvalue weighted by Crippen LogP contribution is -1.93. The number of hydrogen-bond donors (Lipinski definition) is 0. The van der Waals surface area contributed by atoms with Crippen molar-refractivity contribution in [2.75, 3.05) is 5.75 Å². The molecular weight excluding hydrogens is 324 g/mol. The summed E-state index contributed by atoms with van der Waals surface area (Å²) in [5.41, 5.74) is 1.09. The first-order valence-electron chi connectivity index (χ1n) is 6.49. The van der Waals surface area contributed by atoms with Crippen LogP contribution < -0.4 is 0 Å². The van der Waals surface area contributed by atoms with Crippen molar-refractivity contribution in [1.29, 1.82) is 0 Å². The third-order valence-electron chi connectivity index (χ3n) is 2.79. The summed E-state index contributed by atoms with van der Waals surface area (Å²) in [7, 11) is 0. The van der Waals surface area contributed by atoms with Gasteiger partial charge in [-0.3, -0.25) is 0 Å². The van der Waals surface area contributed by atoms with E-state index in [9.17, 15) is 0 Å². The van der Waals surface area contributed by atoms with Crippen LogP contribution in [0.25, 0.3) is 17.1 Å². The quantitative estimate of drug-likeness (QED) is 0.698. The van der Waals surface area contributed by atoms with Gasteiger partial charge in [0.05, 0.1) is 5.75 Å². The molecule has 0 atom stereocenters. The Balaban J connectivity index is 1.81. The Bertz CT molecular complexity index is 761. The van der Waals surface area contributed by atoms with Crippen molar-refractivity contribution in [2.24, 2.45) is 0 Å². The maximum Gasteiger partial charge on any atom is 0.234 e.